The van der Waals surface area contributed by atoms with Crippen molar-refractivity contribution in [3.8, 4) is 0 Å². The van der Waals surface area contributed by atoms with Gasteiger partial charge in [-0.05, 0) is 48.3 Å². The van der Waals surface area contributed by atoms with E-state index in [9.17, 15) is 13.6 Å². The van der Waals surface area contributed by atoms with Gasteiger partial charge in [0.05, 0.1) is 18.5 Å². The van der Waals surface area contributed by atoms with Gasteiger partial charge < -0.3 is 9.47 Å². The van der Waals surface area contributed by atoms with Crippen LogP contribution in [0.15, 0.2) is 24.4 Å². The first-order chi connectivity index (χ1) is 14.6. The molecule has 1 aromatic heterocycles. The molecule has 4 rings (SSSR count). The van der Waals surface area contributed by atoms with Crippen molar-refractivity contribution in [2.75, 3.05) is 20.3 Å². The number of carbonyl (C=O) groups is 1. The molecule has 7 heteroatoms. The first-order valence-electron chi connectivity index (χ1n) is 10.5. The summed E-state index contributed by atoms with van der Waals surface area (Å²) in [6.07, 6.45) is 2.93. The predicted molar refractivity (Wildman–Crippen MR) is 107 cm³/mol. The Morgan fingerprint density at radius 1 is 1.20 bits per heavy atom. The average molecular weight is 416 g/mol. The third-order valence-corrected chi connectivity index (χ3v) is 5.93. The molecule has 0 N–H and O–H groups in total. The number of methoxy groups -OCH3 is 1. The van der Waals surface area contributed by atoms with Gasteiger partial charge in [-0.25, -0.2) is 18.6 Å². The molecule has 30 heavy (non-hydrogen) atoms. The molecule has 2 heterocycles. The van der Waals surface area contributed by atoms with Gasteiger partial charge in [-0.3, -0.25) is 4.98 Å². The number of aromatic nitrogens is 2. The van der Waals surface area contributed by atoms with Gasteiger partial charge in [0, 0.05) is 38.2 Å². The molecule has 160 valence electrons. The molecule has 2 aromatic rings. The van der Waals surface area contributed by atoms with E-state index in [1.165, 1.54) is 7.11 Å². The minimum absolute atomic E-state index is 0.182. The normalized spacial score (nSPS) is 17.3. The maximum atomic E-state index is 13.5. The molecule has 1 saturated carbocycles. The molecule has 2 fully saturated rings. The molecule has 2 aliphatic rings. The van der Waals surface area contributed by atoms with Gasteiger partial charge in [-0.1, -0.05) is 18.2 Å². The molecule has 0 amide bonds. The lowest BCUT2D eigenvalue weighted by Gasteiger charge is -2.26. The topological polar surface area (TPSA) is 61.3 Å². The van der Waals surface area contributed by atoms with Crippen molar-refractivity contribution < 1.29 is 23.0 Å². The van der Waals surface area contributed by atoms with Crippen molar-refractivity contribution in [1.29, 1.82) is 0 Å². The highest BCUT2D eigenvalue weighted by Crippen LogP contribution is 2.39. The van der Waals surface area contributed by atoms with Crippen LogP contribution in [0.5, 0.6) is 0 Å². The van der Waals surface area contributed by atoms with E-state index in [2.05, 4.69) is 9.97 Å². The first kappa shape index (κ1) is 20.8. The van der Waals surface area contributed by atoms with Gasteiger partial charge in [-0.15, -0.1) is 0 Å². The van der Waals surface area contributed by atoms with Crippen LogP contribution in [-0.2, 0) is 22.3 Å². The van der Waals surface area contributed by atoms with Crippen molar-refractivity contribution in [1.82, 2.24) is 9.97 Å². The zero-order chi connectivity index (χ0) is 21.1. The molecule has 1 aliphatic heterocycles. The van der Waals surface area contributed by atoms with Crippen LogP contribution in [-0.4, -0.2) is 42.7 Å². The summed E-state index contributed by atoms with van der Waals surface area (Å²) in [5, 5.41) is 0. The van der Waals surface area contributed by atoms with E-state index in [0.717, 1.165) is 42.5 Å². The Balaban J connectivity index is 1.70. The highest BCUT2D eigenvalue weighted by molar-refractivity contribution is 5.88. The van der Waals surface area contributed by atoms with Gasteiger partial charge >= 0.3 is 5.97 Å². The second-order valence-electron chi connectivity index (χ2n) is 8.00. The number of halogens is 2. The molecule has 0 bridgehead atoms. The molecular formula is C23H26F2N2O3. The molecule has 0 spiro atoms. The van der Waals surface area contributed by atoms with Crippen molar-refractivity contribution in [3.05, 3.63) is 58.2 Å². The summed E-state index contributed by atoms with van der Waals surface area (Å²) in [6.45, 7) is 1.28. The van der Waals surface area contributed by atoms with Crippen LogP contribution >= 0.6 is 0 Å². The van der Waals surface area contributed by atoms with Crippen LogP contribution in [0.3, 0.4) is 0 Å². The van der Waals surface area contributed by atoms with Crippen LogP contribution in [0.2, 0.25) is 0 Å². The number of benzene rings is 1. The SMILES string of the molecule is COC(=O)c1nc(C2CC2)cnc1Cc1cccc(C2CCOCC2)c1CC(F)F. The minimum Gasteiger partial charge on any atom is -0.464 e. The van der Waals surface area contributed by atoms with Gasteiger partial charge in [0.1, 0.15) is 0 Å². The zero-order valence-electron chi connectivity index (χ0n) is 17.1. The average Bonchev–Trinajstić information content (AvgIpc) is 3.60. The van der Waals surface area contributed by atoms with Gasteiger partial charge in [0.15, 0.2) is 5.69 Å². The Bertz CT molecular complexity index is 909. The summed E-state index contributed by atoms with van der Waals surface area (Å²) in [4.78, 5) is 21.3. The predicted octanol–water partition coefficient (Wildman–Crippen LogP) is 4.43. The second-order valence-corrected chi connectivity index (χ2v) is 8.00. The molecule has 0 atom stereocenters. The molecule has 1 saturated heterocycles. The molecule has 0 unspecified atom stereocenters. The quantitative estimate of drug-likeness (QED) is 0.625. The van der Waals surface area contributed by atoms with Crippen molar-refractivity contribution >= 4 is 5.97 Å². The zero-order valence-corrected chi connectivity index (χ0v) is 17.1. The van der Waals surface area contributed by atoms with Gasteiger partial charge in [0.25, 0.3) is 0 Å². The van der Waals surface area contributed by atoms with Crippen LogP contribution in [0.25, 0.3) is 0 Å². The fourth-order valence-corrected chi connectivity index (χ4v) is 4.19. The number of hydrogen-bond acceptors (Lipinski definition) is 5. The largest absolute Gasteiger partial charge is 0.464 e. The lowest BCUT2D eigenvalue weighted by Crippen LogP contribution is -2.18. The molecule has 0 radical (unpaired) electrons. The Morgan fingerprint density at radius 3 is 2.63 bits per heavy atom. The van der Waals surface area contributed by atoms with E-state index >= 15 is 0 Å². The summed E-state index contributed by atoms with van der Waals surface area (Å²) in [7, 11) is 1.31. The Hall–Kier alpha value is -2.41. The lowest BCUT2D eigenvalue weighted by molar-refractivity contribution is 0.0591. The van der Waals surface area contributed by atoms with Crippen LogP contribution in [0.4, 0.5) is 8.78 Å². The van der Waals surface area contributed by atoms with Crippen molar-refractivity contribution in [3.63, 3.8) is 0 Å². The number of esters is 1. The summed E-state index contributed by atoms with van der Waals surface area (Å²) in [5.41, 5.74) is 3.81. The molecular weight excluding hydrogens is 390 g/mol. The highest BCUT2D eigenvalue weighted by atomic mass is 19.3. The molecule has 1 aliphatic carbocycles. The van der Waals surface area contributed by atoms with E-state index in [0.29, 0.717) is 30.4 Å². The van der Waals surface area contributed by atoms with E-state index in [1.54, 1.807) is 6.20 Å². The number of hydrogen-bond donors (Lipinski definition) is 0. The minimum atomic E-state index is -2.45. The van der Waals surface area contributed by atoms with E-state index in [1.807, 2.05) is 18.2 Å². The van der Waals surface area contributed by atoms with Crippen LogP contribution in [0, 0.1) is 0 Å². The fraction of sp³-hybridized carbons (Fsp3) is 0.522. The first-order valence-corrected chi connectivity index (χ1v) is 10.5. The van der Waals surface area contributed by atoms with E-state index in [-0.39, 0.29) is 24.5 Å². The number of alkyl halides is 2. The molecule has 1 aromatic carbocycles. The summed E-state index contributed by atoms with van der Waals surface area (Å²) in [5.74, 6) is 0.00745. The fourth-order valence-electron chi connectivity index (χ4n) is 4.19. The second kappa shape index (κ2) is 9.16. The number of nitrogens with zero attached hydrogens (tertiary/aromatic N) is 2. The standard InChI is InChI=1S/C23H26F2N2O3/c1-29-23(28)22-19(26-13-20(27-22)15-5-6-15)11-16-3-2-4-17(18(16)12-21(24)25)14-7-9-30-10-8-14/h2-4,13-15,21H,5-12H2,1H3. The third kappa shape index (κ3) is 4.67. The lowest BCUT2D eigenvalue weighted by atomic mass is 9.84. The molecule has 5 nitrogen and oxygen atoms in total. The van der Waals surface area contributed by atoms with Crippen LogP contribution in [0.1, 0.15) is 76.1 Å². The maximum absolute atomic E-state index is 13.5. The Kier molecular flexibility index (Phi) is 6.37. The van der Waals surface area contributed by atoms with Crippen LogP contribution < -0.4 is 0 Å². The monoisotopic (exact) mass is 416 g/mol. The maximum Gasteiger partial charge on any atom is 0.358 e. The van der Waals surface area contributed by atoms with E-state index < -0.39 is 12.4 Å². The summed E-state index contributed by atoms with van der Waals surface area (Å²) in [6, 6.07) is 5.69. The summed E-state index contributed by atoms with van der Waals surface area (Å²) >= 11 is 0. The Labute approximate surface area is 174 Å². The smallest absolute Gasteiger partial charge is 0.358 e. The number of carbonyl (C=O) groups excluding carboxylic acids is 1. The summed E-state index contributed by atoms with van der Waals surface area (Å²) < 4.78 is 37.3. The third-order valence-electron chi connectivity index (χ3n) is 5.93. The number of ether oxygens (including phenoxy) is 2. The highest BCUT2D eigenvalue weighted by Gasteiger charge is 2.28. The van der Waals surface area contributed by atoms with Crippen molar-refractivity contribution in [2.45, 2.75) is 56.8 Å². The van der Waals surface area contributed by atoms with Gasteiger partial charge in [-0.2, -0.15) is 0 Å². The van der Waals surface area contributed by atoms with E-state index in [4.69, 9.17) is 9.47 Å². The number of rotatable bonds is 7. The Morgan fingerprint density at radius 2 is 1.97 bits per heavy atom. The van der Waals surface area contributed by atoms with Gasteiger partial charge in [0.2, 0.25) is 6.43 Å². The van der Waals surface area contributed by atoms with Crippen molar-refractivity contribution in [2.24, 2.45) is 0 Å².